The molecule has 1 atom stereocenters. The zero-order valence-corrected chi connectivity index (χ0v) is 12.1. The number of rotatable bonds is 3. The number of hydrogen-bond acceptors (Lipinski definition) is 3. The Morgan fingerprint density at radius 2 is 1.47 bits per heavy atom. The lowest BCUT2D eigenvalue weighted by molar-refractivity contribution is -0.165. The molecule has 0 amide bonds. The van der Waals surface area contributed by atoms with E-state index in [0.29, 0.717) is 5.41 Å². The molecule has 2 N–H and O–H groups in total. The summed E-state index contributed by atoms with van der Waals surface area (Å²) in [5.41, 5.74) is 7.09. The molecule has 4 aliphatic carbocycles. The van der Waals surface area contributed by atoms with Crippen molar-refractivity contribution in [1.82, 2.24) is 0 Å². The SMILES string of the molecule is CC1(CC(N)C23CC4CC(CC(C4)C2)C3)OCCO1. The Bertz CT molecular complexity index is 326. The van der Waals surface area contributed by atoms with Gasteiger partial charge >= 0.3 is 0 Å². The van der Waals surface area contributed by atoms with Crippen LogP contribution in [0.4, 0.5) is 0 Å². The topological polar surface area (TPSA) is 44.5 Å². The molecule has 5 rings (SSSR count). The fourth-order valence-electron chi connectivity index (χ4n) is 5.92. The average molecular weight is 265 g/mol. The second kappa shape index (κ2) is 4.19. The van der Waals surface area contributed by atoms with E-state index in [0.717, 1.165) is 37.4 Å². The Morgan fingerprint density at radius 1 is 1.00 bits per heavy atom. The second-order valence-corrected chi connectivity index (χ2v) is 7.92. The number of nitrogens with two attached hydrogens (primary N) is 1. The fraction of sp³-hybridized carbons (Fsp3) is 1.00. The van der Waals surface area contributed by atoms with Crippen LogP contribution >= 0.6 is 0 Å². The van der Waals surface area contributed by atoms with Crippen LogP contribution in [0.3, 0.4) is 0 Å². The number of ether oxygens (including phenoxy) is 2. The Kier molecular flexibility index (Phi) is 2.78. The highest BCUT2D eigenvalue weighted by Crippen LogP contribution is 2.61. The van der Waals surface area contributed by atoms with Crippen molar-refractivity contribution in [2.45, 2.75) is 63.7 Å². The van der Waals surface area contributed by atoms with Gasteiger partial charge < -0.3 is 15.2 Å². The first kappa shape index (κ1) is 12.6. The van der Waals surface area contributed by atoms with E-state index in [4.69, 9.17) is 15.2 Å². The minimum atomic E-state index is -0.414. The van der Waals surface area contributed by atoms with Gasteiger partial charge in [0.1, 0.15) is 0 Å². The van der Waals surface area contributed by atoms with Crippen molar-refractivity contribution in [3.8, 4) is 0 Å². The van der Waals surface area contributed by atoms with Gasteiger partial charge in [-0.05, 0) is 68.6 Å². The first-order valence-electron chi connectivity index (χ1n) is 8.10. The standard InChI is InChI=1S/C16H27NO2/c1-15(18-2-3-19-15)10-14(17)16-7-11-4-12(8-16)6-13(5-11)9-16/h11-14H,2-10,17H2,1H3. The lowest BCUT2D eigenvalue weighted by Gasteiger charge is -2.59. The number of hydrogen-bond donors (Lipinski definition) is 1. The molecule has 0 aromatic rings. The predicted molar refractivity (Wildman–Crippen MR) is 73.5 cm³/mol. The smallest absolute Gasteiger partial charge is 0.167 e. The summed E-state index contributed by atoms with van der Waals surface area (Å²) in [6.45, 7) is 3.52. The minimum absolute atomic E-state index is 0.254. The molecule has 1 unspecified atom stereocenters. The van der Waals surface area contributed by atoms with Gasteiger partial charge in [0.05, 0.1) is 13.2 Å². The maximum atomic E-state index is 6.68. The van der Waals surface area contributed by atoms with E-state index in [1.807, 2.05) is 0 Å². The molecule has 108 valence electrons. The average Bonchev–Trinajstić information content (AvgIpc) is 2.74. The molecule has 0 aromatic carbocycles. The molecular weight excluding hydrogens is 238 g/mol. The maximum Gasteiger partial charge on any atom is 0.167 e. The monoisotopic (exact) mass is 265 g/mol. The Hall–Kier alpha value is -0.120. The predicted octanol–water partition coefficient (Wildman–Crippen LogP) is 2.68. The first-order chi connectivity index (χ1) is 9.07. The lowest BCUT2D eigenvalue weighted by Crippen LogP contribution is -2.56. The van der Waals surface area contributed by atoms with Gasteiger partial charge in [0.15, 0.2) is 5.79 Å². The van der Waals surface area contributed by atoms with Gasteiger partial charge in [-0.3, -0.25) is 0 Å². The van der Waals surface area contributed by atoms with E-state index in [1.165, 1.54) is 38.5 Å². The van der Waals surface area contributed by atoms with Crippen molar-refractivity contribution < 1.29 is 9.47 Å². The van der Waals surface area contributed by atoms with E-state index >= 15 is 0 Å². The van der Waals surface area contributed by atoms with Gasteiger partial charge in [0.2, 0.25) is 0 Å². The van der Waals surface area contributed by atoms with E-state index in [-0.39, 0.29) is 6.04 Å². The molecule has 0 aromatic heterocycles. The minimum Gasteiger partial charge on any atom is -0.348 e. The third-order valence-corrected chi connectivity index (χ3v) is 6.36. The van der Waals surface area contributed by atoms with Crippen LogP contribution in [0, 0.1) is 23.2 Å². The molecule has 1 saturated heterocycles. The summed E-state index contributed by atoms with van der Waals surface area (Å²) < 4.78 is 11.5. The summed E-state index contributed by atoms with van der Waals surface area (Å²) in [4.78, 5) is 0. The fourth-order valence-corrected chi connectivity index (χ4v) is 5.92. The van der Waals surface area contributed by atoms with E-state index in [2.05, 4.69) is 6.92 Å². The molecule has 5 fully saturated rings. The van der Waals surface area contributed by atoms with Crippen molar-refractivity contribution >= 4 is 0 Å². The van der Waals surface area contributed by atoms with Crippen molar-refractivity contribution in [3.05, 3.63) is 0 Å². The molecule has 4 saturated carbocycles. The molecule has 1 heterocycles. The van der Waals surface area contributed by atoms with Crippen LogP contribution in [-0.4, -0.2) is 25.0 Å². The second-order valence-electron chi connectivity index (χ2n) is 7.92. The van der Waals surface area contributed by atoms with E-state index in [1.54, 1.807) is 0 Å². The van der Waals surface area contributed by atoms with Crippen molar-refractivity contribution in [1.29, 1.82) is 0 Å². The van der Waals surface area contributed by atoms with E-state index in [9.17, 15) is 0 Å². The van der Waals surface area contributed by atoms with Crippen LogP contribution in [0.1, 0.15) is 51.9 Å². The van der Waals surface area contributed by atoms with Crippen LogP contribution in [-0.2, 0) is 9.47 Å². The van der Waals surface area contributed by atoms with Crippen LogP contribution in [0.5, 0.6) is 0 Å². The molecule has 3 heteroatoms. The first-order valence-corrected chi connectivity index (χ1v) is 8.10. The maximum absolute atomic E-state index is 6.68. The van der Waals surface area contributed by atoms with Crippen molar-refractivity contribution in [3.63, 3.8) is 0 Å². The quantitative estimate of drug-likeness (QED) is 0.853. The normalized spacial score (nSPS) is 48.6. The van der Waals surface area contributed by atoms with Crippen LogP contribution in [0.25, 0.3) is 0 Å². The molecule has 19 heavy (non-hydrogen) atoms. The molecule has 1 aliphatic heterocycles. The van der Waals surface area contributed by atoms with Crippen LogP contribution in [0.15, 0.2) is 0 Å². The Labute approximate surface area is 116 Å². The zero-order valence-electron chi connectivity index (χ0n) is 12.1. The van der Waals surface area contributed by atoms with Gasteiger partial charge in [0.25, 0.3) is 0 Å². The highest BCUT2D eigenvalue weighted by molar-refractivity contribution is 5.06. The Morgan fingerprint density at radius 3 is 1.95 bits per heavy atom. The summed E-state index contributed by atoms with van der Waals surface area (Å²) in [5.74, 6) is 2.49. The molecule has 5 aliphatic rings. The van der Waals surface area contributed by atoms with Gasteiger partial charge in [-0.1, -0.05) is 0 Å². The largest absolute Gasteiger partial charge is 0.348 e. The van der Waals surface area contributed by atoms with Crippen LogP contribution in [0.2, 0.25) is 0 Å². The summed E-state index contributed by atoms with van der Waals surface area (Å²) in [7, 11) is 0. The van der Waals surface area contributed by atoms with Gasteiger partial charge in [-0.15, -0.1) is 0 Å². The molecular formula is C16H27NO2. The highest BCUT2D eigenvalue weighted by Gasteiger charge is 2.54. The molecule has 3 nitrogen and oxygen atoms in total. The van der Waals surface area contributed by atoms with Crippen molar-refractivity contribution in [2.24, 2.45) is 28.9 Å². The van der Waals surface area contributed by atoms with Gasteiger partial charge in [0, 0.05) is 12.5 Å². The molecule has 4 bridgehead atoms. The van der Waals surface area contributed by atoms with E-state index < -0.39 is 5.79 Å². The highest BCUT2D eigenvalue weighted by atomic mass is 16.7. The third kappa shape index (κ3) is 2.05. The lowest BCUT2D eigenvalue weighted by atomic mass is 9.47. The van der Waals surface area contributed by atoms with Crippen molar-refractivity contribution in [2.75, 3.05) is 13.2 Å². The molecule has 0 radical (unpaired) electrons. The van der Waals surface area contributed by atoms with Gasteiger partial charge in [-0.2, -0.15) is 0 Å². The zero-order chi connectivity index (χ0) is 13.1. The van der Waals surface area contributed by atoms with Crippen LogP contribution < -0.4 is 5.73 Å². The summed E-state index contributed by atoms with van der Waals surface area (Å²) >= 11 is 0. The summed E-state index contributed by atoms with van der Waals surface area (Å²) in [6, 6.07) is 0.254. The Balaban J connectivity index is 1.51. The van der Waals surface area contributed by atoms with Gasteiger partial charge in [-0.25, -0.2) is 0 Å². The summed E-state index contributed by atoms with van der Waals surface area (Å²) in [5, 5.41) is 0. The third-order valence-electron chi connectivity index (χ3n) is 6.36. The molecule has 0 spiro atoms. The summed E-state index contributed by atoms with van der Waals surface area (Å²) in [6.07, 6.45) is 9.44.